The zero-order valence-electron chi connectivity index (χ0n) is 16.1. The number of nitrogens with zero attached hydrogens (tertiary/aromatic N) is 1. The Hall–Kier alpha value is -2.33. The summed E-state index contributed by atoms with van der Waals surface area (Å²) in [5.74, 6) is 0.862. The van der Waals surface area contributed by atoms with Crippen LogP contribution in [0.1, 0.15) is 41.8 Å². The van der Waals surface area contributed by atoms with Crippen molar-refractivity contribution < 1.29 is 9.53 Å². The van der Waals surface area contributed by atoms with Gasteiger partial charge in [-0.1, -0.05) is 38.1 Å². The van der Waals surface area contributed by atoms with Crippen LogP contribution in [0.5, 0.6) is 5.75 Å². The van der Waals surface area contributed by atoms with Crippen LogP contribution in [0.4, 0.5) is 0 Å². The molecule has 0 bridgehead atoms. The summed E-state index contributed by atoms with van der Waals surface area (Å²) in [5, 5.41) is 3.00. The highest BCUT2D eigenvalue weighted by Crippen LogP contribution is 2.12. The molecule has 2 aromatic carbocycles. The Kier molecular flexibility index (Phi) is 8.16. The van der Waals surface area contributed by atoms with Gasteiger partial charge in [-0.25, -0.2) is 0 Å². The van der Waals surface area contributed by atoms with Crippen molar-refractivity contribution in [2.75, 3.05) is 26.7 Å². The zero-order valence-corrected chi connectivity index (χ0v) is 16.1. The molecule has 1 N–H and O–H groups in total. The topological polar surface area (TPSA) is 41.6 Å². The summed E-state index contributed by atoms with van der Waals surface area (Å²) in [6.45, 7) is 8.00. The number of nitrogens with one attached hydrogen (secondary N) is 1. The van der Waals surface area contributed by atoms with Gasteiger partial charge in [0.15, 0.2) is 0 Å². The van der Waals surface area contributed by atoms with Gasteiger partial charge in [0.05, 0.1) is 7.11 Å². The number of carbonyl (C=O) groups is 1. The van der Waals surface area contributed by atoms with Crippen LogP contribution in [-0.2, 0) is 13.0 Å². The Morgan fingerprint density at radius 2 is 1.58 bits per heavy atom. The number of methoxy groups -OCH3 is 1. The summed E-state index contributed by atoms with van der Waals surface area (Å²) < 4.78 is 5.16. The summed E-state index contributed by atoms with van der Waals surface area (Å²) in [6, 6.07) is 16.0. The SMILES string of the molecule is CCN(CC)Cc1ccc(C(=O)NCCCc2ccc(OC)cc2)cc1. The first-order valence-electron chi connectivity index (χ1n) is 9.38. The number of carbonyl (C=O) groups excluding carboxylic acids is 1. The number of hydrogen-bond acceptors (Lipinski definition) is 3. The summed E-state index contributed by atoms with van der Waals surface area (Å²) in [4.78, 5) is 14.6. The van der Waals surface area contributed by atoms with E-state index in [1.165, 1.54) is 11.1 Å². The molecule has 0 atom stereocenters. The molecule has 4 heteroatoms. The second-order valence-electron chi connectivity index (χ2n) is 6.37. The van der Waals surface area contributed by atoms with Gasteiger partial charge in [-0.3, -0.25) is 9.69 Å². The summed E-state index contributed by atoms with van der Waals surface area (Å²) in [6.07, 6.45) is 1.85. The fraction of sp³-hybridized carbons (Fsp3) is 0.409. The number of benzene rings is 2. The molecule has 0 aliphatic rings. The van der Waals surface area contributed by atoms with Gasteiger partial charge in [0.1, 0.15) is 5.75 Å². The molecule has 0 unspecified atom stereocenters. The third kappa shape index (κ3) is 6.19. The molecule has 26 heavy (non-hydrogen) atoms. The Labute approximate surface area is 157 Å². The van der Waals surface area contributed by atoms with Gasteiger partial charge in [-0.2, -0.15) is 0 Å². The molecular weight excluding hydrogens is 324 g/mol. The third-order valence-electron chi connectivity index (χ3n) is 4.60. The maximum atomic E-state index is 12.2. The lowest BCUT2D eigenvalue weighted by Crippen LogP contribution is -2.25. The van der Waals surface area contributed by atoms with E-state index in [1.54, 1.807) is 7.11 Å². The summed E-state index contributed by atoms with van der Waals surface area (Å²) >= 11 is 0. The third-order valence-corrected chi connectivity index (χ3v) is 4.60. The average Bonchev–Trinajstić information content (AvgIpc) is 2.70. The second-order valence-corrected chi connectivity index (χ2v) is 6.37. The normalized spacial score (nSPS) is 10.8. The van der Waals surface area contributed by atoms with Crippen LogP contribution >= 0.6 is 0 Å². The van der Waals surface area contributed by atoms with Crippen LogP contribution in [-0.4, -0.2) is 37.6 Å². The van der Waals surface area contributed by atoms with Crippen molar-refractivity contribution in [1.82, 2.24) is 10.2 Å². The first-order chi connectivity index (χ1) is 12.7. The minimum atomic E-state index is -0.00544. The van der Waals surface area contributed by atoms with Gasteiger partial charge in [0, 0.05) is 18.7 Å². The molecule has 0 aliphatic heterocycles. The quantitative estimate of drug-likeness (QED) is 0.658. The van der Waals surface area contributed by atoms with Crippen molar-refractivity contribution in [3.8, 4) is 5.75 Å². The van der Waals surface area contributed by atoms with Gasteiger partial charge < -0.3 is 10.1 Å². The Balaban J connectivity index is 1.74. The summed E-state index contributed by atoms with van der Waals surface area (Å²) in [7, 11) is 1.67. The fourth-order valence-electron chi connectivity index (χ4n) is 2.86. The molecule has 0 aromatic heterocycles. The fourth-order valence-corrected chi connectivity index (χ4v) is 2.86. The first-order valence-corrected chi connectivity index (χ1v) is 9.38. The molecule has 0 saturated heterocycles. The van der Waals surface area contributed by atoms with E-state index in [1.807, 2.05) is 36.4 Å². The maximum absolute atomic E-state index is 12.2. The standard InChI is InChI=1S/C22H30N2O2/c1-4-24(5-2)17-19-8-12-20(13-9-19)22(25)23-16-6-7-18-10-14-21(26-3)15-11-18/h8-15H,4-7,16-17H2,1-3H3,(H,23,25). The highest BCUT2D eigenvalue weighted by molar-refractivity contribution is 5.94. The lowest BCUT2D eigenvalue weighted by Gasteiger charge is -2.18. The van der Waals surface area contributed by atoms with Crippen molar-refractivity contribution in [2.24, 2.45) is 0 Å². The summed E-state index contributed by atoms with van der Waals surface area (Å²) in [5.41, 5.74) is 3.21. The second kappa shape index (κ2) is 10.6. The highest BCUT2D eigenvalue weighted by atomic mass is 16.5. The molecule has 0 radical (unpaired) electrons. The molecule has 4 nitrogen and oxygen atoms in total. The van der Waals surface area contributed by atoms with Crippen molar-refractivity contribution in [3.05, 3.63) is 65.2 Å². The van der Waals surface area contributed by atoms with Crippen molar-refractivity contribution in [1.29, 1.82) is 0 Å². The van der Waals surface area contributed by atoms with Gasteiger partial charge in [-0.05, 0) is 61.3 Å². The Morgan fingerprint density at radius 1 is 0.962 bits per heavy atom. The first kappa shape index (κ1) is 20.0. The smallest absolute Gasteiger partial charge is 0.251 e. The van der Waals surface area contributed by atoms with Crippen LogP contribution in [0.2, 0.25) is 0 Å². The van der Waals surface area contributed by atoms with E-state index < -0.39 is 0 Å². The molecule has 0 heterocycles. The van der Waals surface area contributed by atoms with E-state index in [2.05, 4.69) is 36.2 Å². The van der Waals surface area contributed by atoms with Gasteiger partial charge >= 0.3 is 0 Å². The minimum Gasteiger partial charge on any atom is -0.497 e. The lowest BCUT2D eigenvalue weighted by atomic mass is 10.1. The van der Waals surface area contributed by atoms with Gasteiger partial charge in [0.25, 0.3) is 5.91 Å². The number of hydrogen-bond donors (Lipinski definition) is 1. The van der Waals surface area contributed by atoms with Gasteiger partial charge in [-0.15, -0.1) is 0 Å². The van der Waals surface area contributed by atoms with Crippen LogP contribution < -0.4 is 10.1 Å². The molecule has 140 valence electrons. The van der Waals surface area contributed by atoms with Crippen LogP contribution in [0.25, 0.3) is 0 Å². The van der Waals surface area contributed by atoms with Crippen molar-refractivity contribution >= 4 is 5.91 Å². The molecule has 1 amide bonds. The Morgan fingerprint density at radius 3 is 2.15 bits per heavy atom. The predicted molar refractivity (Wildman–Crippen MR) is 107 cm³/mol. The van der Waals surface area contributed by atoms with Gasteiger partial charge in [0.2, 0.25) is 0 Å². The number of rotatable bonds is 10. The van der Waals surface area contributed by atoms with E-state index in [0.717, 1.165) is 43.8 Å². The van der Waals surface area contributed by atoms with E-state index >= 15 is 0 Å². The monoisotopic (exact) mass is 354 g/mol. The minimum absolute atomic E-state index is 0.00544. The number of amides is 1. The number of aryl methyl sites for hydroxylation is 1. The maximum Gasteiger partial charge on any atom is 0.251 e. The van der Waals surface area contributed by atoms with Crippen LogP contribution in [0, 0.1) is 0 Å². The van der Waals surface area contributed by atoms with Crippen LogP contribution in [0.15, 0.2) is 48.5 Å². The Bertz CT molecular complexity index is 662. The van der Waals surface area contributed by atoms with E-state index in [0.29, 0.717) is 6.54 Å². The molecule has 2 aromatic rings. The molecular formula is C22H30N2O2. The molecule has 0 fully saturated rings. The molecule has 2 rings (SSSR count). The largest absolute Gasteiger partial charge is 0.497 e. The number of ether oxygens (including phenoxy) is 1. The van der Waals surface area contributed by atoms with E-state index in [-0.39, 0.29) is 5.91 Å². The van der Waals surface area contributed by atoms with Crippen molar-refractivity contribution in [2.45, 2.75) is 33.2 Å². The zero-order chi connectivity index (χ0) is 18.8. The van der Waals surface area contributed by atoms with E-state index in [4.69, 9.17) is 4.74 Å². The molecule has 0 aliphatic carbocycles. The highest BCUT2D eigenvalue weighted by Gasteiger charge is 2.06. The molecule has 0 spiro atoms. The average molecular weight is 354 g/mol. The molecule has 0 saturated carbocycles. The predicted octanol–water partition coefficient (Wildman–Crippen LogP) is 3.90. The lowest BCUT2D eigenvalue weighted by molar-refractivity contribution is 0.0953. The van der Waals surface area contributed by atoms with Crippen LogP contribution in [0.3, 0.4) is 0 Å². The van der Waals surface area contributed by atoms with Crippen molar-refractivity contribution in [3.63, 3.8) is 0 Å². The van der Waals surface area contributed by atoms with E-state index in [9.17, 15) is 4.79 Å².